The smallest absolute Gasteiger partial charge is 0.232 e. The molecule has 0 aromatic heterocycles. The Kier molecular flexibility index (Phi) is 6.53. The number of guanidine groups is 1. The number of sulfone groups is 1. The molecule has 2 aliphatic heterocycles. The minimum Gasteiger partial charge on any atom is -0.381 e. The van der Waals surface area contributed by atoms with Crippen LogP contribution in [-0.2, 0) is 31.3 Å². The van der Waals surface area contributed by atoms with Crippen LogP contribution in [0.5, 0.6) is 0 Å². The highest BCUT2D eigenvalue weighted by atomic mass is 35.5. The minimum atomic E-state index is -3.30. The Morgan fingerprint density at radius 2 is 1.91 bits per heavy atom. The van der Waals surface area contributed by atoms with Crippen LogP contribution in [0.1, 0.15) is 42.9 Å². The topological polar surface area (TPSA) is 102 Å². The maximum atomic E-state index is 13.1. The van der Waals surface area contributed by atoms with Crippen molar-refractivity contribution in [2.45, 2.75) is 49.1 Å². The summed E-state index contributed by atoms with van der Waals surface area (Å²) in [4.78, 5) is 19.8. The van der Waals surface area contributed by atoms with Crippen molar-refractivity contribution in [3.8, 4) is 0 Å². The van der Waals surface area contributed by atoms with E-state index in [1.165, 1.54) is 6.26 Å². The van der Waals surface area contributed by atoms with E-state index in [0.717, 1.165) is 29.5 Å². The molecule has 0 spiro atoms. The average Bonchev–Trinajstić information content (AvgIpc) is 2.75. The second kappa shape index (κ2) is 9.08. The summed E-state index contributed by atoms with van der Waals surface area (Å²) in [6.45, 7) is 3.08. The third-order valence-corrected chi connectivity index (χ3v) is 7.86. The van der Waals surface area contributed by atoms with Gasteiger partial charge in [0.25, 0.3) is 0 Å². The zero-order valence-corrected chi connectivity index (χ0v) is 20.3. The van der Waals surface area contributed by atoms with E-state index in [1.807, 2.05) is 31.2 Å². The van der Waals surface area contributed by atoms with Crippen LogP contribution in [0.3, 0.4) is 0 Å². The number of nitrogens with zero attached hydrogens (tertiary/aromatic N) is 2. The molecule has 9 heteroatoms. The van der Waals surface area contributed by atoms with Crippen LogP contribution in [-0.4, -0.2) is 50.7 Å². The largest absolute Gasteiger partial charge is 0.381 e. The van der Waals surface area contributed by atoms with Crippen LogP contribution in [0.2, 0.25) is 5.02 Å². The van der Waals surface area contributed by atoms with Crippen LogP contribution in [0, 0.1) is 0 Å². The van der Waals surface area contributed by atoms with Gasteiger partial charge in [-0.3, -0.25) is 9.69 Å². The van der Waals surface area contributed by atoms with E-state index >= 15 is 0 Å². The summed E-state index contributed by atoms with van der Waals surface area (Å²) in [7, 11) is -3.30. The first-order chi connectivity index (χ1) is 15.6. The molecule has 0 bridgehead atoms. The van der Waals surface area contributed by atoms with Gasteiger partial charge in [0.2, 0.25) is 5.91 Å². The van der Waals surface area contributed by atoms with Crippen LogP contribution in [0.4, 0.5) is 0 Å². The maximum Gasteiger partial charge on any atom is 0.232 e. The molecule has 2 N–H and O–H groups in total. The zero-order chi connectivity index (χ0) is 23.8. The number of ether oxygens (including phenoxy) is 1. The molecule has 33 heavy (non-hydrogen) atoms. The number of carbonyl (C=O) groups excluding carboxylic acids is 1. The van der Waals surface area contributed by atoms with Gasteiger partial charge in [0.05, 0.1) is 16.9 Å². The molecule has 1 saturated heterocycles. The van der Waals surface area contributed by atoms with Crippen LogP contribution in [0.15, 0.2) is 52.4 Å². The number of benzene rings is 2. The quantitative estimate of drug-likeness (QED) is 0.694. The molecule has 1 fully saturated rings. The molecule has 2 aromatic rings. The molecule has 176 valence electrons. The monoisotopic (exact) mass is 489 g/mol. The van der Waals surface area contributed by atoms with Crippen molar-refractivity contribution < 1.29 is 17.9 Å². The van der Waals surface area contributed by atoms with Crippen LogP contribution >= 0.6 is 11.6 Å². The molecular weight excluding hydrogens is 462 g/mol. The Morgan fingerprint density at radius 1 is 1.21 bits per heavy atom. The van der Waals surface area contributed by atoms with Gasteiger partial charge in [-0.15, -0.1) is 0 Å². The van der Waals surface area contributed by atoms with Gasteiger partial charge in [-0.1, -0.05) is 41.9 Å². The molecule has 7 nitrogen and oxygen atoms in total. The molecule has 2 aromatic carbocycles. The van der Waals surface area contributed by atoms with Gasteiger partial charge in [0.1, 0.15) is 0 Å². The molecule has 4 rings (SSSR count). The first kappa shape index (κ1) is 23.7. The normalized spacial score (nSPS) is 22.3. The number of amides is 1. The molecule has 1 amide bonds. The van der Waals surface area contributed by atoms with Gasteiger partial charge >= 0.3 is 0 Å². The fourth-order valence-corrected chi connectivity index (χ4v) is 5.67. The van der Waals surface area contributed by atoms with Crippen molar-refractivity contribution in [2.75, 3.05) is 19.5 Å². The standard InChI is InChI=1S/C24H28ClN3O4S/c1-24(15-21(29)28(23(26)27-24)18-9-11-32-12-10-18)20-8-4-6-17(22(20)25)13-16-5-3-7-19(14-16)33(2,30)31/h3-8,14,18H,9-13,15H2,1-2H3,(H2,26,27)/t24-/m0/s1. The summed E-state index contributed by atoms with van der Waals surface area (Å²) >= 11 is 6.82. The molecule has 1 atom stereocenters. The Labute approximate surface area is 199 Å². The van der Waals surface area contributed by atoms with Gasteiger partial charge in [0.15, 0.2) is 15.8 Å². The molecule has 2 aliphatic rings. The summed E-state index contributed by atoms with van der Waals surface area (Å²) in [6, 6.07) is 12.5. The summed E-state index contributed by atoms with van der Waals surface area (Å²) < 4.78 is 29.2. The van der Waals surface area contributed by atoms with E-state index in [-0.39, 0.29) is 29.2 Å². The predicted octanol–water partition coefficient (Wildman–Crippen LogP) is 3.28. The zero-order valence-electron chi connectivity index (χ0n) is 18.8. The lowest BCUT2D eigenvalue weighted by Gasteiger charge is -2.40. The number of halogens is 1. The van der Waals surface area contributed by atoms with E-state index in [9.17, 15) is 13.2 Å². The number of carbonyl (C=O) groups is 1. The Morgan fingerprint density at radius 3 is 2.58 bits per heavy atom. The predicted molar refractivity (Wildman–Crippen MR) is 128 cm³/mol. The lowest BCUT2D eigenvalue weighted by molar-refractivity contribution is -0.132. The van der Waals surface area contributed by atoms with Crippen molar-refractivity contribution in [1.82, 2.24) is 4.90 Å². The maximum absolute atomic E-state index is 13.1. The van der Waals surface area contributed by atoms with E-state index in [0.29, 0.717) is 24.7 Å². The first-order valence-electron chi connectivity index (χ1n) is 10.9. The van der Waals surface area contributed by atoms with Gasteiger partial charge < -0.3 is 10.5 Å². The van der Waals surface area contributed by atoms with Crippen molar-refractivity contribution in [1.29, 1.82) is 0 Å². The highest BCUT2D eigenvalue weighted by Gasteiger charge is 2.41. The highest BCUT2D eigenvalue weighted by molar-refractivity contribution is 7.90. The van der Waals surface area contributed by atoms with Gasteiger partial charge in [0, 0.05) is 30.5 Å². The molecule has 2 heterocycles. The first-order valence-corrected chi connectivity index (χ1v) is 13.2. The number of hydrogen-bond donors (Lipinski definition) is 1. The highest BCUT2D eigenvalue weighted by Crippen LogP contribution is 2.40. The molecule has 0 unspecified atom stereocenters. The van der Waals surface area contributed by atoms with Gasteiger partial charge in [-0.05, 0) is 55.0 Å². The second-order valence-corrected chi connectivity index (χ2v) is 11.3. The fraction of sp³-hybridized carbons (Fsp3) is 0.417. The number of aliphatic imine (C=N–C) groups is 1. The summed E-state index contributed by atoms with van der Waals surface area (Å²) in [6.07, 6.45) is 3.28. The molecule has 0 saturated carbocycles. The van der Waals surface area contributed by atoms with Crippen molar-refractivity contribution in [2.24, 2.45) is 10.7 Å². The van der Waals surface area contributed by atoms with E-state index < -0.39 is 15.4 Å². The second-order valence-electron chi connectivity index (χ2n) is 8.90. The summed E-state index contributed by atoms with van der Waals surface area (Å²) in [5, 5.41) is 0.508. The number of rotatable bonds is 5. The third kappa shape index (κ3) is 4.93. The Bertz CT molecular complexity index is 1210. The van der Waals surface area contributed by atoms with Crippen molar-refractivity contribution >= 4 is 33.3 Å². The Hall–Kier alpha value is -2.42. The van der Waals surface area contributed by atoms with E-state index in [4.69, 9.17) is 27.1 Å². The molecular formula is C24H28ClN3O4S. The molecule has 0 aliphatic carbocycles. The van der Waals surface area contributed by atoms with Crippen molar-refractivity contribution in [3.05, 3.63) is 64.2 Å². The van der Waals surface area contributed by atoms with Crippen molar-refractivity contribution in [3.63, 3.8) is 0 Å². The Balaban J connectivity index is 1.65. The SMILES string of the molecule is C[C@@]1(c2cccc(Cc3cccc(S(C)(=O)=O)c3)c2Cl)CC(=O)N(C2CCOCC2)C(N)=N1. The summed E-state index contributed by atoms with van der Waals surface area (Å²) in [5.74, 6) is 0.141. The van der Waals surface area contributed by atoms with E-state index in [1.54, 1.807) is 23.1 Å². The van der Waals surface area contributed by atoms with Gasteiger partial charge in [-0.2, -0.15) is 0 Å². The summed E-state index contributed by atoms with van der Waals surface area (Å²) in [5.41, 5.74) is 7.80. The third-order valence-electron chi connectivity index (χ3n) is 6.31. The minimum absolute atomic E-state index is 0.00322. The molecule has 0 radical (unpaired) electrons. The number of nitrogens with two attached hydrogens (primary N) is 1. The average molecular weight is 490 g/mol. The van der Waals surface area contributed by atoms with E-state index in [2.05, 4.69) is 0 Å². The fourth-order valence-electron chi connectivity index (χ4n) is 4.58. The van der Waals surface area contributed by atoms with Crippen LogP contribution < -0.4 is 5.73 Å². The lowest BCUT2D eigenvalue weighted by atomic mass is 9.85. The van der Waals surface area contributed by atoms with Gasteiger partial charge in [-0.25, -0.2) is 13.4 Å². The number of hydrogen-bond acceptors (Lipinski definition) is 6. The lowest BCUT2D eigenvalue weighted by Crippen LogP contribution is -2.55. The van der Waals surface area contributed by atoms with Crippen LogP contribution in [0.25, 0.3) is 0 Å².